The predicted octanol–water partition coefficient (Wildman–Crippen LogP) is 4.93. The van der Waals surface area contributed by atoms with Crippen LogP contribution in [0.4, 0.5) is 5.69 Å². The highest BCUT2D eigenvalue weighted by Gasteiger charge is 2.23. The van der Waals surface area contributed by atoms with Crippen molar-refractivity contribution in [3.63, 3.8) is 0 Å². The Labute approximate surface area is 143 Å². The number of halogens is 2. The Morgan fingerprint density at radius 1 is 1.14 bits per heavy atom. The SMILES string of the molecule is O=C(c1cc(Cl)ccc1I)N1CCCCc2ccccc21. The maximum atomic E-state index is 13.0. The zero-order valence-corrected chi connectivity index (χ0v) is 14.4. The highest BCUT2D eigenvalue weighted by Crippen LogP contribution is 2.29. The molecule has 0 saturated heterocycles. The Balaban J connectivity index is 2.03. The number of hydrogen-bond acceptors (Lipinski definition) is 1. The van der Waals surface area contributed by atoms with Crippen LogP contribution in [-0.4, -0.2) is 12.5 Å². The number of benzene rings is 2. The average Bonchev–Trinajstić information content (AvgIpc) is 2.71. The number of carbonyl (C=O) groups is 1. The van der Waals surface area contributed by atoms with Crippen molar-refractivity contribution in [2.45, 2.75) is 19.3 Å². The van der Waals surface area contributed by atoms with Crippen LogP contribution in [0.15, 0.2) is 42.5 Å². The standard InChI is InChI=1S/C17H15ClINO/c18-13-8-9-15(19)14(11-13)17(21)20-10-4-3-6-12-5-1-2-7-16(12)20/h1-2,5,7-9,11H,3-4,6,10H2. The van der Waals surface area contributed by atoms with Crippen LogP contribution in [0.1, 0.15) is 28.8 Å². The molecule has 2 aromatic carbocycles. The Morgan fingerprint density at radius 3 is 2.81 bits per heavy atom. The molecule has 3 rings (SSSR count). The molecule has 21 heavy (non-hydrogen) atoms. The molecular weight excluding hydrogens is 397 g/mol. The van der Waals surface area contributed by atoms with Crippen LogP contribution in [-0.2, 0) is 6.42 Å². The van der Waals surface area contributed by atoms with Crippen molar-refractivity contribution >= 4 is 45.8 Å². The third-order valence-electron chi connectivity index (χ3n) is 3.76. The summed E-state index contributed by atoms with van der Waals surface area (Å²) in [5.74, 6) is 0.0382. The zero-order valence-electron chi connectivity index (χ0n) is 11.5. The van der Waals surface area contributed by atoms with Gasteiger partial charge in [0, 0.05) is 20.8 Å². The van der Waals surface area contributed by atoms with Crippen molar-refractivity contribution in [2.24, 2.45) is 0 Å². The van der Waals surface area contributed by atoms with Crippen LogP contribution in [0.25, 0.3) is 0 Å². The number of hydrogen-bond donors (Lipinski definition) is 0. The summed E-state index contributed by atoms with van der Waals surface area (Å²) in [6.07, 6.45) is 3.18. The molecule has 4 heteroatoms. The molecule has 2 aromatic rings. The molecule has 2 nitrogen and oxygen atoms in total. The van der Waals surface area contributed by atoms with E-state index in [1.54, 1.807) is 6.07 Å². The molecule has 0 atom stereocenters. The summed E-state index contributed by atoms with van der Waals surface area (Å²) in [4.78, 5) is 14.8. The normalized spacial score (nSPS) is 14.5. The quantitative estimate of drug-likeness (QED) is 0.610. The first-order valence-corrected chi connectivity index (χ1v) is 8.47. The number of fused-ring (bicyclic) bond motifs is 1. The van der Waals surface area contributed by atoms with Gasteiger partial charge in [0.2, 0.25) is 0 Å². The van der Waals surface area contributed by atoms with Crippen LogP contribution >= 0.6 is 34.2 Å². The van der Waals surface area contributed by atoms with Gasteiger partial charge >= 0.3 is 0 Å². The van der Waals surface area contributed by atoms with E-state index in [2.05, 4.69) is 28.7 Å². The lowest BCUT2D eigenvalue weighted by Crippen LogP contribution is -2.32. The number of anilines is 1. The van der Waals surface area contributed by atoms with Gasteiger partial charge in [0.1, 0.15) is 0 Å². The Hall–Kier alpha value is -1.07. The van der Waals surface area contributed by atoms with Crippen LogP contribution in [0.2, 0.25) is 5.02 Å². The minimum Gasteiger partial charge on any atom is -0.308 e. The highest BCUT2D eigenvalue weighted by molar-refractivity contribution is 14.1. The third kappa shape index (κ3) is 3.09. The van der Waals surface area contributed by atoms with Gasteiger partial charge in [0.25, 0.3) is 5.91 Å². The van der Waals surface area contributed by atoms with Gasteiger partial charge in [-0.15, -0.1) is 0 Å². The average molecular weight is 412 g/mol. The molecule has 0 radical (unpaired) electrons. The van der Waals surface area contributed by atoms with Crippen LogP contribution in [0.3, 0.4) is 0 Å². The molecular formula is C17H15ClINO. The van der Waals surface area contributed by atoms with Gasteiger partial charge < -0.3 is 4.90 Å². The molecule has 0 saturated carbocycles. The van der Waals surface area contributed by atoms with Crippen LogP contribution in [0.5, 0.6) is 0 Å². The minimum atomic E-state index is 0.0382. The van der Waals surface area contributed by atoms with Crippen molar-refractivity contribution in [3.05, 3.63) is 62.2 Å². The third-order valence-corrected chi connectivity index (χ3v) is 4.94. The smallest absolute Gasteiger partial charge is 0.259 e. The van der Waals surface area contributed by atoms with E-state index in [9.17, 15) is 4.79 Å². The summed E-state index contributed by atoms with van der Waals surface area (Å²) < 4.78 is 0.934. The van der Waals surface area contributed by atoms with Crippen LogP contribution < -0.4 is 4.90 Å². The minimum absolute atomic E-state index is 0.0382. The van der Waals surface area contributed by atoms with E-state index in [1.807, 2.05) is 35.2 Å². The lowest BCUT2D eigenvalue weighted by molar-refractivity contribution is 0.0986. The molecule has 1 heterocycles. The fraction of sp³-hybridized carbons (Fsp3) is 0.235. The molecule has 0 unspecified atom stereocenters. The van der Waals surface area contributed by atoms with Gasteiger partial charge in [-0.25, -0.2) is 0 Å². The molecule has 1 amide bonds. The topological polar surface area (TPSA) is 20.3 Å². The van der Waals surface area contributed by atoms with E-state index in [0.717, 1.165) is 35.1 Å². The van der Waals surface area contributed by atoms with Gasteiger partial charge in [0.05, 0.1) is 5.56 Å². The molecule has 0 spiro atoms. The van der Waals surface area contributed by atoms with Crippen molar-refractivity contribution in [1.82, 2.24) is 0 Å². The van der Waals surface area contributed by atoms with E-state index in [1.165, 1.54) is 5.56 Å². The van der Waals surface area contributed by atoms with E-state index in [0.29, 0.717) is 10.6 Å². The van der Waals surface area contributed by atoms with Crippen molar-refractivity contribution < 1.29 is 4.79 Å². The van der Waals surface area contributed by atoms with E-state index in [4.69, 9.17) is 11.6 Å². The fourth-order valence-corrected chi connectivity index (χ4v) is 3.45. The molecule has 108 valence electrons. The highest BCUT2D eigenvalue weighted by atomic mass is 127. The van der Waals surface area contributed by atoms with E-state index in [-0.39, 0.29) is 5.91 Å². The van der Waals surface area contributed by atoms with E-state index < -0.39 is 0 Å². The van der Waals surface area contributed by atoms with Crippen LogP contribution in [0, 0.1) is 3.57 Å². The number of aryl methyl sites for hydroxylation is 1. The maximum Gasteiger partial charge on any atom is 0.259 e. The summed E-state index contributed by atoms with van der Waals surface area (Å²) >= 11 is 8.25. The maximum absolute atomic E-state index is 13.0. The fourth-order valence-electron chi connectivity index (χ4n) is 2.71. The number of nitrogens with zero attached hydrogens (tertiary/aromatic N) is 1. The molecule has 0 N–H and O–H groups in total. The summed E-state index contributed by atoms with van der Waals surface area (Å²) in [5.41, 5.74) is 2.97. The lowest BCUT2D eigenvalue weighted by atomic mass is 10.1. The second-order valence-electron chi connectivity index (χ2n) is 5.17. The van der Waals surface area contributed by atoms with Gasteiger partial charge in [-0.05, 0) is 71.7 Å². The van der Waals surface area contributed by atoms with Crippen molar-refractivity contribution in [3.8, 4) is 0 Å². The zero-order chi connectivity index (χ0) is 14.8. The largest absolute Gasteiger partial charge is 0.308 e. The number of para-hydroxylation sites is 1. The number of carbonyl (C=O) groups excluding carboxylic acids is 1. The second kappa shape index (κ2) is 6.36. The van der Waals surface area contributed by atoms with Crippen molar-refractivity contribution in [2.75, 3.05) is 11.4 Å². The first-order chi connectivity index (χ1) is 10.2. The van der Waals surface area contributed by atoms with Gasteiger partial charge in [0.15, 0.2) is 0 Å². The van der Waals surface area contributed by atoms with Crippen molar-refractivity contribution in [1.29, 1.82) is 0 Å². The lowest BCUT2D eigenvalue weighted by Gasteiger charge is -2.23. The number of rotatable bonds is 1. The first-order valence-electron chi connectivity index (χ1n) is 7.01. The first kappa shape index (κ1) is 14.9. The molecule has 1 aliphatic heterocycles. The monoisotopic (exact) mass is 411 g/mol. The number of amides is 1. The Kier molecular flexibility index (Phi) is 4.50. The predicted molar refractivity (Wildman–Crippen MR) is 95.2 cm³/mol. The Morgan fingerprint density at radius 2 is 1.95 bits per heavy atom. The van der Waals surface area contributed by atoms with E-state index >= 15 is 0 Å². The molecule has 0 fully saturated rings. The molecule has 0 aromatic heterocycles. The summed E-state index contributed by atoms with van der Waals surface area (Å²) in [5, 5.41) is 0.599. The van der Waals surface area contributed by atoms with Gasteiger partial charge in [-0.2, -0.15) is 0 Å². The summed E-state index contributed by atoms with van der Waals surface area (Å²) in [7, 11) is 0. The van der Waals surface area contributed by atoms with Gasteiger partial charge in [-0.1, -0.05) is 29.8 Å². The van der Waals surface area contributed by atoms with Gasteiger partial charge in [-0.3, -0.25) is 4.79 Å². The summed E-state index contributed by atoms with van der Waals surface area (Å²) in [6.45, 7) is 0.762. The molecule has 0 bridgehead atoms. The summed E-state index contributed by atoms with van der Waals surface area (Å²) in [6, 6.07) is 13.7. The molecule has 1 aliphatic rings. The second-order valence-corrected chi connectivity index (χ2v) is 6.77. The Bertz CT molecular complexity index is 686. The molecule has 0 aliphatic carbocycles.